The first-order valence-corrected chi connectivity index (χ1v) is 9.86. The molecule has 0 bridgehead atoms. The fourth-order valence-corrected chi connectivity index (χ4v) is 2.85. The first kappa shape index (κ1) is 21.2. The third kappa shape index (κ3) is 5.77. The minimum absolute atomic E-state index is 0.244. The molecule has 0 aliphatic carbocycles. The lowest BCUT2D eigenvalue weighted by molar-refractivity contribution is -0.144. The van der Waals surface area contributed by atoms with Crippen LogP contribution in [0.4, 0.5) is 0 Å². The molecule has 0 spiro atoms. The number of rotatable bonds is 10. The molecule has 1 atom stereocenters. The molecule has 0 fully saturated rings. The van der Waals surface area contributed by atoms with Crippen molar-refractivity contribution in [3.05, 3.63) is 78.9 Å². The van der Waals surface area contributed by atoms with E-state index in [2.05, 4.69) is 6.58 Å². The molecule has 0 amide bonds. The zero-order valence-corrected chi connectivity index (χ0v) is 17.3. The van der Waals surface area contributed by atoms with Crippen LogP contribution in [-0.4, -0.2) is 31.9 Å². The van der Waals surface area contributed by atoms with Crippen LogP contribution in [0, 0.1) is 0 Å². The average Bonchev–Trinajstić information content (AvgIpc) is 2.76. The van der Waals surface area contributed by atoms with Crippen LogP contribution >= 0.6 is 0 Å². The van der Waals surface area contributed by atoms with Crippen LogP contribution in [0.25, 0.3) is 10.8 Å². The maximum Gasteiger partial charge on any atom is 0.333 e. The minimum atomic E-state index is -0.419. The first-order valence-electron chi connectivity index (χ1n) is 9.86. The molecule has 5 nitrogen and oxygen atoms in total. The van der Waals surface area contributed by atoms with Crippen molar-refractivity contribution < 1.29 is 23.7 Å². The molecule has 156 valence electrons. The molecule has 1 unspecified atom stereocenters. The fraction of sp³-hybridized carbons (Fsp3) is 0.240. The summed E-state index contributed by atoms with van der Waals surface area (Å²) in [5.74, 6) is 1.86. The number of esters is 1. The minimum Gasteiger partial charge on any atom is -0.490 e. The van der Waals surface area contributed by atoms with Gasteiger partial charge in [-0.05, 0) is 38.1 Å². The smallest absolute Gasteiger partial charge is 0.333 e. The number of fused-ring (bicyclic) bond motifs is 1. The molecular weight excluding hydrogens is 380 g/mol. The van der Waals surface area contributed by atoms with Gasteiger partial charge in [0.2, 0.25) is 0 Å². The number of hydrogen-bond donors (Lipinski definition) is 0. The van der Waals surface area contributed by atoms with E-state index in [9.17, 15) is 4.79 Å². The van der Waals surface area contributed by atoms with Crippen molar-refractivity contribution in [1.82, 2.24) is 0 Å². The van der Waals surface area contributed by atoms with Crippen molar-refractivity contribution in [2.75, 3.05) is 19.8 Å². The Morgan fingerprint density at radius 3 is 2.03 bits per heavy atom. The maximum absolute atomic E-state index is 11.6. The lowest BCUT2D eigenvalue weighted by Crippen LogP contribution is -2.22. The standard InChI is InChI=1S/C25H26O5/c1-18(2)25(26)30-19(3)17-29-24-14-13-23(21-11-7-8-12-22(21)24)28-16-15-27-20-9-5-4-6-10-20/h4-14,19H,1,15-17H2,2-3H3. The van der Waals surface area contributed by atoms with Gasteiger partial charge in [-0.15, -0.1) is 0 Å². The van der Waals surface area contributed by atoms with Gasteiger partial charge in [-0.25, -0.2) is 4.79 Å². The summed E-state index contributed by atoms with van der Waals surface area (Å²) in [4.78, 5) is 11.6. The molecule has 0 heterocycles. The zero-order chi connectivity index (χ0) is 21.3. The van der Waals surface area contributed by atoms with Gasteiger partial charge in [-0.3, -0.25) is 0 Å². The van der Waals surface area contributed by atoms with Crippen molar-refractivity contribution in [3.8, 4) is 17.2 Å². The number of carbonyl (C=O) groups is 1. The molecule has 0 aliphatic heterocycles. The molecule has 0 saturated heterocycles. The van der Waals surface area contributed by atoms with Crippen LogP contribution in [0.15, 0.2) is 78.9 Å². The molecular formula is C25H26O5. The van der Waals surface area contributed by atoms with Crippen LogP contribution in [-0.2, 0) is 9.53 Å². The highest BCUT2D eigenvalue weighted by atomic mass is 16.6. The van der Waals surface area contributed by atoms with E-state index in [1.54, 1.807) is 13.8 Å². The van der Waals surface area contributed by atoms with Gasteiger partial charge < -0.3 is 18.9 Å². The second-order valence-electron chi connectivity index (χ2n) is 6.92. The molecule has 0 N–H and O–H groups in total. The number of hydrogen-bond acceptors (Lipinski definition) is 5. The molecule has 3 aromatic carbocycles. The van der Waals surface area contributed by atoms with E-state index in [0.717, 1.165) is 22.3 Å². The highest BCUT2D eigenvalue weighted by molar-refractivity contribution is 5.93. The van der Waals surface area contributed by atoms with Crippen LogP contribution in [0.1, 0.15) is 13.8 Å². The average molecular weight is 406 g/mol. The van der Waals surface area contributed by atoms with E-state index >= 15 is 0 Å². The Morgan fingerprint density at radius 1 is 0.833 bits per heavy atom. The van der Waals surface area contributed by atoms with E-state index in [1.807, 2.05) is 66.7 Å². The van der Waals surface area contributed by atoms with Gasteiger partial charge in [-0.2, -0.15) is 0 Å². The Balaban J connectivity index is 1.61. The van der Waals surface area contributed by atoms with Gasteiger partial charge in [0.05, 0.1) is 0 Å². The summed E-state index contributed by atoms with van der Waals surface area (Å²) in [6.45, 7) is 8.10. The Morgan fingerprint density at radius 2 is 1.40 bits per heavy atom. The maximum atomic E-state index is 11.6. The number of benzene rings is 3. The molecule has 30 heavy (non-hydrogen) atoms. The van der Waals surface area contributed by atoms with E-state index < -0.39 is 5.97 Å². The normalized spacial score (nSPS) is 11.5. The monoisotopic (exact) mass is 406 g/mol. The number of ether oxygens (including phenoxy) is 4. The van der Waals surface area contributed by atoms with Crippen molar-refractivity contribution >= 4 is 16.7 Å². The molecule has 0 aliphatic rings. The quantitative estimate of drug-likeness (QED) is 0.264. The largest absolute Gasteiger partial charge is 0.490 e. The summed E-state index contributed by atoms with van der Waals surface area (Å²) in [5, 5.41) is 1.87. The highest BCUT2D eigenvalue weighted by Gasteiger charge is 2.13. The van der Waals surface area contributed by atoms with Crippen molar-refractivity contribution in [2.45, 2.75) is 20.0 Å². The lowest BCUT2D eigenvalue weighted by atomic mass is 10.1. The van der Waals surface area contributed by atoms with E-state index in [4.69, 9.17) is 18.9 Å². The third-order valence-corrected chi connectivity index (χ3v) is 4.33. The lowest BCUT2D eigenvalue weighted by Gasteiger charge is -2.17. The van der Waals surface area contributed by atoms with E-state index in [1.165, 1.54) is 0 Å². The van der Waals surface area contributed by atoms with Crippen LogP contribution in [0.3, 0.4) is 0 Å². The summed E-state index contributed by atoms with van der Waals surface area (Å²) in [5.41, 5.74) is 0.366. The van der Waals surface area contributed by atoms with Gasteiger partial charge in [0.1, 0.15) is 43.2 Å². The second-order valence-corrected chi connectivity index (χ2v) is 6.92. The Kier molecular flexibility index (Phi) is 7.33. The fourth-order valence-electron chi connectivity index (χ4n) is 2.85. The topological polar surface area (TPSA) is 54.0 Å². The Hall–Kier alpha value is -3.47. The molecule has 0 saturated carbocycles. The second kappa shape index (κ2) is 10.3. The molecule has 3 aromatic rings. The van der Waals surface area contributed by atoms with Gasteiger partial charge in [0, 0.05) is 16.3 Å². The van der Waals surface area contributed by atoms with Crippen molar-refractivity contribution in [1.29, 1.82) is 0 Å². The van der Waals surface area contributed by atoms with Gasteiger partial charge in [-0.1, -0.05) is 49.0 Å². The predicted octanol–water partition coefficient (Wildman–Crippen LogP) is 5.18. The van der Waals surface area contributed by atoms with Crippen LogP contribution in [0.5, 0.6) is 17.2 Å². The zero-order valence-electron chi connectivity index (χ0n) is 17.3. The SMILES string of the molecule is C=C(C)C(=O)OC(C)COc1ccc(OCCOc2ccccc2)c2ccccc12. The van der Waals surface area contributed by atoms with E-state index in [0.29, 0.717) is 24.5 Å². The van der Waals surface area contributed by atoms with Gasteiger partial charge in [0.15, 0.2) is 0 Å². The molecule has 0 radical (unpaired) electrons. The van der Waals surface area contributed by atoms with Crippen molar-refractivity contribution in [2.24, 2.45) is 0 Å². The van der Waals surface area contributed by atoms with Gasteiger partial charge >= 0.3 is 5.97 Å². The van der Waals surface area contributed by atoms with Crippen LogP contribution in [0.2, 0.25) is 0 Å². The highest BCUT2D eigenvalue weighted by Crippen LogP contribution is 2.33. The Labute approximate surface area is 176 Å². The summed E-state index contributed by atoms with van der Waals surface area (Å²) in [6, 6.07) is 21.2. The summed E-state index contributed by atoms with van der Waals surface area (Å²) < 4.78 is 22.8. The molecule has 3 rings (SSSR count). The van der Waals surface area contributed by atoms with Crippen molar-refractivity contribution in [3.63, 3.8) is 0 Å². The van der Waals surface area contributed by atoms with Crippen LogP contribution < -0.4 is 14.2 Å². The Bertz CT molecular complexity index is 997. The van der Waals surface area contributed by atoms with Gasteiger partial charge in [0.25, 0.3) is 0 Å². The molecule has 5 heteroatoms. The number of carbonyl (C=O) groups excluding carboxylic acids is 1. The number of para-hydroxylation sites is 1. The summed E-state index contributed by atoms with van der Waals surface area (Å²) in [7, 11) is 0. The summed E-state index contributed by atoms with van der Waals surface area (Å²) >= 11 is 0. The predicted molar refractivity (Wildman–Crippen MR) is 117 cm³/mol. The molecule has 0 aromatic heterocycles. The first-order chi connectivity index (χ1) is 14.5. The van der Waals surface area contributed by atoms with E-state index in [-0.39, 0.29) is 12.7 Å². The third-order valence-electron chi connectivity index (χ3n) is 4.33. The summed E-state index contributed by atoms with van der Waals surface area (Å²) in [6.07, 6.45) is -0.390.